The normalized spacial score (nSPS) is 55.0. The molecule has 2 aliphatic carbocycles. The molecule has 4 nitrogen and oxygen atoms in total. The third-order valence-electron chi connectivity index (χ3n) is 7.85. The van der Waals surface area contributed by atoms with Crippen LogP contribution < -0.4 is 0 Å². The van der Waals surface area contributed by atoms with Crippen LogP contribution in [-0.4, -0.2) is 48.3 Å². The summed E-state index contributed by atoms with van der Waals surface area (Å²) in [4.78, 5) is 15.0. The number of nitrogens with zero attached hydrogens (tertiary/aromatic N) is 1. The molecule has 0 bridgehead atoms. The fourth-order valence-electron chi connectivity index (χ4n) is 6.69. The van der Waals surface area contributed by atoms with Gasteiger partial charge in [-0.2, -0.15) is 0 Å². The maximum absolute atomic E-state index is 12.6. The summed E-state index contributed by atoms with van der Waals surface area (Å²) in [5.74, 6) is 1.01. The lowest BCUT2D eigenvalue weighted by molar-refractivity contribution is -0.146. The fourth-order valence-corrected chi connectivity index (χ4v) is 6.69. The summed E-state index contributed by atoms with van der Waals surface area (Å²) >= 11 is 0. The number of esters is 1. The Labute approximate surface area is 138 Å². The van der Waals surface area contributed by atoms with Crippen LogP contribution in [0.3, 0.4) is 0 Å². The van der Waals surface area contributed by atoms with E-state index in [1.54, 1.807) is 0 Å². The standard InChI is InChI=1S/C19H29NO3/c1-12-6-5-7-18(2)10-14-15(16-19(12,18)23-16)13(17(21)22-14)11-20-8-3-4-9-20/h12-16H,3-11H2,1-2H3/t12-,13?,14+,15+,16-,18+,19-/m0/s1. The first-order chi connectivity index (χ1) is 11.1. The van der Waals surface area contributed by atoms with Gasteiger partial charge in [0.15, 0.2) is 0 Å². The van der Waals surface area contributed by atoms with Crippen molar-refractivity contribution in [3.8, 4) is 0 Å². The summed E-state index contributed by atoms with van der Waals surface area (Å²) in [5, 5.41) is 0. The first-order valence-corrected chi connectivity index (χ1v) is 9.66. The lowest BCUT2D eigenvalue weighted by Gasteiger charge is -2.49. The van der Waals surface area contributed by atoms with E-state index in [-0.39, 0.29) is 35.1 Å². The maximum atomic E-state index is 12.6. The molecule has 5 rings (SSSR count). The van der Waals surface area contributed by atoms with Crippen LogP contribution in [0.2, 0.25) is 0 Å². The molecule has 5 fully saturated rings. The minimum absolute atomic E-state index is 0.0427. The highest BCUT2D eigenvalue weighted by molar-refractivity contribution is 5.76. The van der Waals surface area contributed by atoms with E-state index in [0.29, 0.717) is 11.8 Å². The number of hydrogen-bond acceptors (Lipinski definition) is 4. The summed E-state index contributed by atoms with van der Waals surface area (Å²) in [7, 11) is 0. The molecule has 0 N–H and O–H groups in total. The largest absolute Gasteiger partial charge is 0.462 e. The molecule has 0 aromatic heterocycles. The van der Waals surface area contributed by atoms with E-state index in [2.05, 4.69) is 18.7 Å². The van der Waals surface area contributed by atoms with Crippen molar-refractivity contribution in [2.75, 3.05) is 19.6 Å². The molecule has 3 saturated heterocycles. The Bertz CT molecular complexity index is 531. The molecule has 4 heteroatoms. The van der Waals surface area contributed by atoms with Crippen molar-refractivity contribution in [3.05, 3.63) is 0 Å². The van der Waals surface area contributed by atoms with Crippen LogP contribution in [0.1, 0.15) is 52.4 Å². The monoisotopic (exact) mass is 319 g/mol. The van der Waals surface area contributed by atoms with Crippen LogP contribution >= 0.6 is 0 Å². The molecule has 128 valence electrons. The molecule has 0 amide bonds. The Hall–Kier alpha value is -0.610. The summed E-state index contributed by atoms with van der Waals surface area (Å²) < 4.78 is 12.4. The Morgan fingerprint density at radius 3 is 2.83 bits per heavy atom. The fraction of sp³-hybridized carbons (Fsp3) is 0.947. The summed E-state index contributed by atoms with van der Waals surface area (Å²) in [5.41, 5.74) is 0.253. The van der Waals surface area contributed by atoms with Gasteiger partial charge < -0.3 is 14.4 Å². The summed E-state index contributed by atoms with van der Waals surface area (Å²) in [6, 6.07) is 0. The van der Waals surface area contributed by atoms with Gasteiger partial charge in [-0.05, 0) is 51.1 Å². The van der Waals surface area contributed by atoms with Gasteiger partial charge in [-0.1, -0.05) is 20.3 Å². The zero-order valence-corrected chi connectivity index (χ0v) is 14.4. The van der Waals surface area contributed by atoms with Crippen molar-refractivity contribution in [2.24, 2.45) is 23.2 Å². The Morgan fingerprint density at radius 2 is 2.04 bits per heavy atom. The highest BCUT2D eigenvalue weighted by Gasteiger charge is 2.78. The topological polar surface area (TPSA) is 42.1 Å². The second-order valence-corrected chi connectivity index (χ2v) is 9.06. The number of carbonyl (C=O) groups excluding carboxylic acids is 1. The number of carbonyl (C=O) groups is 1. The molecule has 7 atom stereocenters. The number of ether oxygens (including phenoxy) is 2. The molecular formula is C19H29NO3. The van der Waals surface area contributed by atoms with E-state index in [0.717, 1.165) is 26.1 Å². The highest BCUT2D eigenvalue weighted by atomic mass is 16.6. The number of rotatable bonds is 2. The van der Waals surface area contributed by atoms with Crippen LogP contribution in [0.5, 0.6) is 0 Å². The molecule has 0 radical (unpaired) electrons. The molecular weight excluding hydrogens is 290 g/mol. The Kier molecular flexibility index (Phi) is 3.02. The second kappa shape index (κ2) is 4.72. The van der Waals surface area contributed by atoms with Crippen molar-refractivity contribution >= 4 is 5.97 Å². The molecule has 0 aromatic rings. The van der Waals surface area contributed by atoms with Crippen molar-refractivity contribution in [1.29, 1.82) is 0 Å². The predicted octanol–water partition coefficient (Wildman–Crippen LogP) is 2.61. The Balaban J connectivity index is 1.43. The Morgan fingerprint density at radius 1 is 1.26 bits per heavy atom. The zero-order valence-electron chi connectivity index (χ0n) is 14.4. The number of fused-ring (bicyclic) bond motifs is 2. The minimum atomic E-state index is 0.0427. The minimum Gasteiger partial charge on any atom is -0.462 e. The van der Waals surface area contributed by atoms with Crippen molar-refractivity contribution in [2.45, 2.75) is 70.2 Å². The third kappa shape index (κ3) is 1.82. The van der Waals surface area contributed by atoms with Crippen LogP contribution in [0, 0.1) is 23.2 Å². The lowest BCUT2D eigenvalue weighted by atomic mass is 9.53. The number of hydrogen-bond donors (Lipinski definition) is 0. The second-order valence-electron chi connectivity index (χ2n) is 9.06. The van der Waals surface area contributed by atoms with Crippen LogP contribution in [-0.2, 0) is 14.3 Å². The molecule has 5 aliphatic rings. The highest BCUT2D eigenvalue weighted by Crippen LogP contribution is 2.70. The van der Waals surface area contributed by atoms with E-state index in [1.165, 1.54) is 32.1 Å². The van der Waals surface area contributed by atoms with Gasteiger partial charge in [0.25, 0.3) is 0 Å². The third-order valence-corrected chi connectivity index (χ3v) is 7.85. The summed E-state index contributed by atoms with van der Waals surface area (Å²) in [6.45, 7) is 7.93. The first kappa shape index (κ1) is 14.7. The van der Waals surface area contributed by atoms with Gasteiger partial charge >= 0.3 is 5.97 Å². The van der Waals surface area contributed by atoms with Gasteiger partial charge in [-0.15, -0.1) is 0 Å². The van der Waals surface area contributed by atoms with E-state index in [1.807, 2.05) is 0 Å². The SMILES string of the molecule is C[C@H]1CCC[C@]2(C)C[C@H]3OC(=O)C(CN4CCCC4)[C@H]3[C@@H]3O[C@@]132. The number of likely N-dealkylation sites (tertiary alicyclic amines) is 1. The zero-order chi connectivity index (χ0) is 15.8. The van der Waals surface area contributed by atoms with Crippen molar-refractivity contribution in [1.82, 2.24) is 4.90 Å². The van der Waals surface area contributed by atoms with Crippen molar-refractivity contribution < 1.29 is 14.3 Å². The average molecular weight is 319 g/mol. The quantitative estimate of drug-likeness (QED) is 0.579. The van der Waals surface area contributed by atoms with Crippen LogP contribution in [0.25, 0.3) is 0 Å². The lowest BCUT2D eigenvalue weighted by Crippen LogP contribution is -2.54. The van der Waals surface area contributed by atoms with Gasteiger partial charge in [0.2, 0.25) is 0 Å². The van der Waals surface area contributed by atoms with Gasteiger partial charge in [0.05, 0.1) is 12.0 Å². The predicted molar refractivity (Wildman–Crippen MR) is 85.9 cm³/mol. The van der Waals surface area contributed by atoms with Gasteiger partial charge in [0, 0.05) is 17.9 Å². The molecule has 1 spiro atoms. The molecule has 2 saturated carbocycles. The first-order valence-electron chi connectivity index (χ1n) is 9.66. The van der Waals surface area contributed by atoms with E-state index >= 15 is 0 Å². The molecule has 1 unspecified atom stereocenters. The molecule has 3 aliphatic heterocycles. The van der Waals surface area contributed by atoms with E-state index in [4.69, 9.17) is 9.47 Å². The molecule has 3 heterocycles. The maximum Gasteiger partial charge on any atom is 0.311 e. The van der Waals surface area contributed by atoms with Crippen molar-refractivity contribution in [3.63, 3.8) is 0 Å². The number of epoxide rings is 1. The average Bonchev–Trinajstić information content (AvgIpc) is 2.91. The molecule has 0 aromatic carbocycles. The van der Waals surface area contributed by atoms with E-state index < -0.39 is 0 Å². The van der Waals surface area contributed by atoms with Gasteiger partial charge in [-0.25, -0.2) is 0 Å². The van der Waals surface area contributed by atoms with Crippen LogP contribution in [0.4, 0.5) is 0 Å². The molecule has 23 heavy (non-hydrogen) atoms. The van der Waals surface area contributed by atoms with E-state index in [9.17, 15) is 4.79 Å². The summed E-state index contributed by atoms with van der Waals surface area (Å²) in [6.07, 6.45) is 7.72. The van der Waals surface area contributed by atoms with Gasteiger partial charge in [-0.3, -0.25) is 4.79 Å². The van der Waals surface area contributed by atoms with Crippen LogP contribution in [0.15, 0.2) is 0 Å². The smallest absolute Gasteiger partial charge is 0.311 e. The van der Waals surface area contributed by atoms with Gasteiger partial charge in [0.1, 0.15) is 11.7 Å².